The Labute approximate surface area is 156 Å². The summed E-state index contributed by atoms with van der Waals surface area (Å²) in [5, 5.41) is 0. The second kappa shape index (κ2) is 7.16. The number of sulfone groups is 1. The minimum atomic E-state index is -3.32. The van der Waals surface area contributed by atoms with Crippen molar-refractivity contribution in [2.45, 2.75) is 68.5 Å². The van der Waals surface area contributed by atoms with Crippen LogP contribution < -0.4 is 0 Å². The van der Waals surface area contributed by atoms with Crippen molar-refractivity contribution in [1.82, 2.24) is 9.29 Å². The summed E-state index contributed by atoms with van der Waals surface area (Å²) in [5.41, 5.74) is -1.34. The van der Waals surface area contributed by atoms with Gasteiger partial charge in [0.05, 0.1) is 14.4 Å². The van der Waals surface area contributed by atoms with Crippen LogP contribution in [0.1, 0.15) is 48.5 Å². The van der Waals surface area contributed by atoms with Crippen LogP contribution in [0.4, 0.5) is 4.39 Å². The first-order chi connectivity index (χ1) is 11.4. The van der Waals surface area contributed by atoms with Gasteiger partial charge in [-0.05, 0) is 60.6 Å². The molecule has 1 aromatic heterocycles. The third-order valence-corrected chi connectivity index (χ3v) is 8.88. The SMILES string of the molecule is CC(C)(C)S(=O)(=O)c1ccncc1.CC1(F)CN(S(=O)(=O)C(C)(C)C)C1. The highest BCUT2D eigenvalue weighted by molar-refractivity contribution is 7.92. The van der Waals surface area contributed by atoms with Crippen LogP contribution >= 0.6 is 0 Å². The molecule has 1 aliphatic heterocycles. The van der Waals surface area contributed by atoms with Crippen molar-refractivity contribution in [2.75, 3.05) is 13.1 Å². The maximum Gasteiger partial charge on any atom is 0.219 e. The van der Waals surface area contributed by atoms with Crippen molar-refractivity contribution >= 4 is 19.9 Å². The number of alkyl halides is 1. The molecule has 1 aromatic rings. The van der Waals surface area contributed by atoms with E-state index in [4.69, 9.17) is 0 Å². The first kappa shape index (κ1) is 23.0. The summed E-state index contributed by atoms with van der Waals surface area (Å²) < 4.78 is 59.7. The molecule has 0 saturated carbocycles. The van der Waals surface area contributed by atoms with Gasteiger partial charge in [0.1, 0.15) is 5.67 Å². The van der Waals surface area contributed by atoms with Gasteiger partial charge in [0.15, 0.2) is 9.84 Å². The highest BCUT2D eigenvalue weighted by atomic mass is 32.2. The lowest BCUT2D eigenvalue weighted by atomic mass is 10.0. The number of hydrogen-bond acceptors (Lipinski definition) is 5. The number of pyridine rings is 1. The van der Waals surface area contributed by atoms with E-state index in [9.17, 15) is 21.2 Å². The van der Waals surface area contributed by atoms with E-state index in [0.717, 1.165) is 0 Å². The van der Waals surface area contributed by atoms with Gasteiger partial charge in [-0.25, -0.2) is 21.2 Å². The molecule has 0 spiro atoms. The van der Waals surface area contributed by atoms with E-state index in [1.165, 1.54) is 35.8 Å². The maximum absolute atomic E-state index is 13.1. The fraction of sp³-hybridized carbons (Fsp3) is 0.706. The van der Waals surface area contributed by atoms with E-state index in [1.54, 1.807) is 41.5 Å². The molecule has 150 valence electrons. The first-order valence-corrected chi connectivity index (χ1v) is 11.2. The Morgan fingerprint density at radius 2 is 1.38 bits per heavy atom. The van der Waals surface area contributed by atoms with Gasteiger partial charge in [0.2, 0.25) is 10.0 Å². The van der Waals surface area contributed by atoms with Crippen molar-refractivity contribution in [3.05, 3.63) is 24.5 Å². The van der Waals surface area contributed by atoms with Gasteiger partial charge in [-0.3, -0.25) is 4.98 Å². The molecule has 0 aromatic carbocycles. The normalized spacial score (nSPS) is 18.5. The van der Waals surface area contributed by atoms with Crippen molar-refractivity contribution in [3.63, 3.8) is 0 Å². The minimum Gasteiger partial charge on any atom is -0.265 e. The molecular formula is C17H29FN2O4S2. The van der Waals surface area contributed by atoms with Crippen LogP contribution in [-0.4, -0.2) is 54.4 Å². The van der Waals surface area contributed by atoms with Crippen LogP contribution in [0.15, 0.2) is 29.4 Å². The number of nitrogens with zero attached hydrogens (tertiary/aromatic N) is 2. The molecular weight excluding hydrogens is 379 g/mol. The van der Waals surface area contributed by atoms with Crippen LogP contribution in [0.3, 0.4) is 0 Å². The first-order valence-electron chi connectivity index (χ1n) is 8.25. The zero-order valence-corrected chi connectivity index (χ0v) is 18.1. The van der Waals surface area contributed by atoms with Crippen LogP contribution in [-0.2, 0) is 19.9 Å². The van der Waals surface area contributed by atoms with Gasteiger partial charge in [-0.2, -0.15) is 4.31 Å². The second-order valence-corrected chi connectivity index (χ2v) is 14.0. The lowest BCUT2D eigenvalue weighted by Crippen LogP contribution is -2.62. The standard InChI is InChI=1S/C9H13NO2S.C8H16FNO2S/c1-9(2,3)13(11,12)8-4-6-10-7-5-8;1-7(2,3)13(11,12)10-5-8(4,9)6-10/h4-7H,1-3H3;5-6H2,1-4H3. The summed E-state index contributed by atoms with van der Waals surface area (Å²) in [6.45, 7) is 11.3. The number of aromatic nitrogens is 1. The lowest BCUT2D eigenvalue weighted by Gasteiger charge is -2.43. The van der Waals surface area contributed by atoms with E-state index in [1.807, 2.05) is 0 Å². The maximum atomic E-state index is 13.1. The Hall–Kier alpha value is -1.06. The zero-order chi connectivity index (χ0) is 20.6. The van der Waals surface area contributed by atoms with Crippen LogP contribution in [0.25, 0.3) is 0 Å². The van der Waals surface area contributed by atoms with Gasteiger partial charge in [-0.15, -0.1) is 0 Å². The summed E-state index contributed by atoms with van der Waals surface area (Å²) in [6.07, 6.45) is 2.97. The van der Waals surface area contributed by atoms with Crippen LogP contribution in [0.2, 0.25) is 0 Å². The van der Waals surface area contributed by atoms with E-state index in [-0.39, 0.29) is 13.1 Å². The molecule has 1 saturated heterocycles. The molecule has 0 bridgehead atoms. The van der Waals surface area contributed by atoms with Crippen molar-refractivity contribution < 1.29 is 21.2 Å². The van der Waals surface area contributed by atoms with Crippen molar-refractivity contribution in [3.8, 4) is 0 Å². The number of halogens is 1. The fourth-order valence-corrected chi connectivity index (χ4v) is 4.96. The Morgan fingerprint density at radius 3 is 1.69 bits per heavy atom. The smallest absolute Gasteiger partial charge is 0.219 e. The quantitative estimate of drug-likeness (QED) is 0.751. The summed E-state index contributed by atoms with van der Waals surface area (Å²) in [6, 6.07) is 3.03. The molecule has 0 amide bonds. The lowest BCUT2D eigenvalue weighted by molar-refractivity contribution is 0.0383. The van der Waals surface area contributed by atoms with Gasteiger partial charge in [0.25, 0.3) is 0 Å². The predicted molar refractivity (Wildman–Crippen MR) is 101 cm³/mol. The predicted octanol–water partition coefficient (Wildman–Crippen LogP) is 2.81. The van der Waals surface area contributed by atoms with E-state index in [2.05, 4.69) is 4.98 Å². The molecule has 9 heteroatoms. The molecule has 0 radical (unpaired) electrons. The Morgan fingerprint density at radius 1 is 0.962 bits per heavy atom. The third kappa shape index (κ3) is 5.01. The molecule has 0 aliphatic carbocycles. The molecule has 2 rings (SSSR count). The number of hydrogen-bond donors (Lipinski definition) is 0. The van der Waals surface area contributed by atoms with Crippen LogP contribution in [0.5, 0.6) is 0 Å². The molecule has 2 heterocycles. The molecule has 0 atom stereocenters. The summed E-state index contributed by atoms with van der Waals surface area (Å²) >= 11 is 0. The Kier molecular flexibility index (Phi) is 6.33. The number of rotatable bonds is 2. The van der Waals surface area contributed by atoms with Crippen LogP contribution in [0, 0.1) is 0 Å². The van der Waals surface area contributed by atoms with Gasteiger partial charge in [0, 0.05) is 25.5 Å². The topological polar surface area (TPSA) is 84.4 Å². The summed E-state index contributed by atoms with van der Waals surface area (Å²) in [5.74, 6) is 0. The molecule has 1 aliphatic rings. The molecule has 6 nitrogen and oxygen atoms in total. The van der Waals surface area contributed by atoms with Crippen molar-refractivity contribution in [2.24, 2.45) is 0 Å². The average molecular weight is 409 g/mol. The fourth-order valence-electron chi connectivity index (χ4n) is 2.12. The van der Waals surface area contributed by atoms with E-state index >= 15 is 0 Å². The highest BCUT2D eigenvalue weighted by Crippen LogP contribution is 2.32. The van der Waals surface area contributed by atoms with Gasteiger partial charge < -0.3 is 0 Å². The molecule has 0 N–H and O–H groups in total. The molecule has 0 unspecified atom stereocenters. The van der Waals surface area contributed by atoms with Gasteiger partial charge in [-0.1, -0.05) is 0 Å². The zero-order valence-electron chi connectivity index (χ0n) is 16.4. The molecule has 26 heavy (non-hydrogen) atoms. The molecule has 1 fully saturated rings. The summed E-state index contributed by atoms with van der Waals surface area (Å²) in [7, 11) is -6.53. The highest BCUT2D eigenvalue weighted by Gasteiger charge is 2.48. The van der Waals surface area contributed by atoms with Gasteiger partial charge >= 0.3 is 0 Å². The van der Waals surface area contributed by atoms with Crippen molar-refractivity contribution in [1.29, 1.82) is 0 Å². The Balaban J connectivity index is 0.000000260. The Bertz CT molecular complexity index is 814. The summed E-state index contributed by atoms with van der Waals surface area (Å²) in [4.78, 5) is 4.11. The van der Waals surface area contributed by atoms with E-state index in [0.29, 0.717) is 4.90 Å². The van der Waals surface area contributed by atoms with E-state index < -0.39 is 35.0 Å². The average Bonchev–Trinajstić information content (AvgIpc) is 2.44. The monoisotopic (exact) mass is 408 g/mol. The minimum absolute atomic E-state index is 0.00734. The second-order valence-electron chi connectivity index (χ2n) is 8.60. The number of sulfonamides is 1. The largest absolute Gasteiger partial charge is 0.265 e. The third-order valence-electron chi connectivity index (χ3n) is 3.89.